The van der Waals surface area contributed by atoms with Gasteiger partial charge in [0.05, 0.1) is 17.1 Å². The van der Waals surface area contributed by atoms with E-state index in [9.17, 15) is 0 Å². The predicted octanol–water partition coefficient (Wildman–Crippen LogP) is 3.75. The maximum Gasteiger partial charge on any atom is 0.100 e. The third kappa shape index (κ3) is 2.67. The summed E-state index contributed by atoms with van der Waals surface area (Å²) in [5, 5.41) is 6.31. The largest absolute Gasteiger partial charge is 0.398 e. The average molecular weight is 287 g/mol. The number of hydrogen-bond acceptors (Lipinski definition) is 5. The molecular formula is C14H13N3S2. The van der Waals surface area contributed by atoms with Crippen molar-refractivity contribution in [3.63, 3.8) is 0 Å². The van der Waals surface area contributed by atoms with Crippen LogP contribution in [-0.4, -0.2) is 9.97 Å². The second-order valence-corrected chi connectivity index (χ2v) is 6.16. The maximum atomic E-state index is 5.97. The van der Waals surface area contributed by atoms with Crippen molar-refractivity contribution in [2.75, 3.05) is 5.73 Å². The van der Waals surface area contributed by atoms with Gasteiger partial charge in [-0.1, -0.05) is 18.2 Å². The van der Waals surface area contributed by atoms with Gasteiger partial charge < -0.3 is 5.73 Å². The Morgan fingerprint density at radius 3 is 2.53 bits per heavy atom. The summed E-state index contributed by atoms with van der Waals surface area (Å²) in [5.74, 6) is 0. The summed E-state index contributed by atoms with van der Waals surface area (Å²) in [6, 6.07) is 7.82. The van der Waals surface area contributed by atoms with Crippen LogP contribution >= 0.6 is 22.7 Å². The smallest absolute Gasteiger partial charge is 0.100 e. The molecule has 3 nitrogen and oxygen atoms in total. The zero-order valence-electron chi connectivity index (χ0n) is 10.5. The van der Waals surface area contributed by atoms with Crippen molar-refractivity contribution >= 4 is 28.4 Å². The molecule has 0 aliphatic rings. The van der Waals surface area contributed by atoms with E-state index in [1.807, 2.05) is 31.2 Å². The topological polar surface area (TPSA) is 51.8 Å². The molecule has 0 saturated heterocycles. The maximum absolute atomic E-state index is 5.97. The highest BCUT2D eigenvalue weighted by Gasteiger charge is 2.09. The molecule has 0 atom stereocenters. The minimum absolute atomic E-state index is 0.768. The lowest BCUT2D eigenvalue weighted by Gasteiger charge is -2.00. The molecule has 3 aromatic rings. The summed E-state index contributed by atoms with van der Waals surface area (Å²) in [5.41, 5.74) is 9.76. The molecule has 0 radical (unpaired) electrons. The Labute approximate surface area is 119 Å². The third-order valence-corrected chi connectivity index (χ3v) is 4.57. The zero-order chi connectivity index (χ0) is 13.2. The minimum Gasteiger partial charge on any atom is -0.398 e. The van der Waals surface area contributed by atoms with E-state index in [4.69, 9.17) is 5.73 Å². The number of hydrogen-bond donors (Lipinski definition) is 1. The molecule has 1 aromatic carbocycles. The first kappa shape index (κ1) is 12.3. The van der Waals surface area contributed by atoms with Crippen molar-refractivity contribution < 1.29 is 0 Å². The molecule has 0 unspecified atom stereocenters. The molecule has 0 bridgehead atoms. The molecule has 19 heavy (non-hydrogen) atoms. The van der Waals surface area contributed by atoms with Gasteiger partial charge in [-0.05, 0) is 13.0 Å². The van der Waals surface area contributed by atoms with Crippen LogP contribution in [-0.2, 0) is 6.42 Å². The van der Waals surface area contributed by atoms with Crippen molar-refractivity contribution in [1.82, 2.24) is 9.97 Å². The van der Waals surface area contributed by atoms with Gasteiger partial charge in [-0.3, -0.25) is 0 Å². The van der Waals surface area contributed by atoms with E-state index < -0.39 is 0 Å². The van der Waals surface area contributed by atoms with Gasteiger partial charge in [0.2, 0.25) is 0 Å². The number of nitrogens with two attached hydrogens (primary N) is 1. The number of rotatable bonds is 3. The molecule has 0 saturated carbocycles. The van der Waals surface area contributed by atoms with Gasteiger partial charge in [0.25, 0.3) is 0 Å². The summed E-state index contributed by atoms with van der Waals surface area (Å²) < 4.78 is 0. The first-order valence-electron chi connectivity index (χ1n) is 5.92. The zero-order valence-corrected chi connectivity index (χ0v) is 12.1. The van der Waals surface area contributed by atoms with Crippen molar-refractivity contribution in [2.24, 2.45) is 0 Å². The van der Waals surface area contributed by atoms with Gasteiger partial charge in [0.1, 0.15) is 5.01 Å². The predicted molar refractivity (Wildman–Crippen MR) is 81.6 cm³/mol. The molecule has 2 heterocycles. The van der Waals surface area contributed by atoms with Crippen molar-refractivity contribution in [3.8, 4) is 11.3 Å². The van der Waals surface area contributed by atoms with Crippen LogP contribution in [0.2, 0.25) is 0 Å². The van der Waals surface area contributed by atoms with Crippen LogP contribution in [0.15, 0.2) is 35.0 Å². The Hall–Kier alpha value is -1.72. The Morgan fingerprint density at radius 2 is 1.79 bits per heavy atom. The average Bonchev–Trinajstić information content (AvgIpc) is 3.00. The fourth-order valence-corrected chi connectivity index (χ4v) is 3.53. The molecule has 2 aromatic heterocycles. The standard InChI is InChI=1S/C14H13N3S2/c1-9-7-18-13(16-9)6-14-17-12(8-19-14)10-4-2-3-5-11(10)15/h2-5,7-8H,6,15H2,1H3. The van der Waals surface area contributed by atoms with Gasteiger partial charge in [0.15, 0.2) is 0 Å². The van der Waals surface area contributed by atoms with E-state index in [2.05, 4.69) is 20.7 Å². The highest BCUT2D eigenvalue weighted by Crippen LogP contribution is 2.28. The Kier molecular flexibility index (Phi) is 3.31. The van der Waals surface area contributed by atoms with E-state index in [0.717, 1.165) is 39.1 Å². The van der Waals surface area contributed by atoms with Gasteiger partial charge in [-0.25, -0.2) is 9.97 Å². The molecule has 0 spiro atoms. The fourth-order valence-electron chi connectivity index (χ4n) is 1.86. The van der Waals surface area contributed by atoms with Gasteiger partial charge in [0, 0.05) is 27.7 Å². The summed E-state index contributed by atoms with van der Waals surface area (Å²) >= 11 is 3.34. The number of para-hydroxylation sites is 1. The molecule has 5 heteroatoms. The van der Waals surface area contributed by atoms with E-state index in [1.165, 1.54) is 0 Å². The normalized spacial score (nSPS) is 10.8. The molecule has 96 valence electrons. The third-order valence-electron chi connectivity index (χ3n) is 2.76. The molecular weight excluding hydrogens is 274 g/mol. The number of thiazole rings is 2. The molecule has 0 aliphatic heterocycles. The number of nitrogen functional groups attached to an aromatic ring is 1. The van der Waals surface area contributed by atoms with Gasteiger partial charge in [-0.15, -0.1) is 22.7 Å². The molecule has 0 aliphatic carbocycles. The molecule has 2 N–H and O–H groups in total. The van der Waals surface area contributed by atoms with Crippen LogP contribution in [0, 0.1) is 6.92 Å². The van der Waals surface area contributed by atoms with Crippen molar-refractivity contribution in [1.29, 1.82) is 0 Å². The van der Waals surface area contributed by atoms with Crippen LogP contribution in [0.3, 0.4) is 0 Å². The Balaban J connectivity index is 1.86. The summed E-state index contributed by atoms with van der Waals surface area (Å²) in [6.45, 7) is 2.01. The van der Waals surface area contributed by atoms with Crippen LogP contribution in [0.5, 0.6) is 0 Å². The van der Waals surface area contributed by atoms with E-state index >= 15 is 0 Å². The number of nitrogens with zero attached hydrogens (tertiary/aromatic N) is 2. The van der Waals surface area contributed by atoms with E-state index in [-0.39, 0.29) is 0 Å². The lowest BCUT2D eigenvalue weighted by atomic mass is 10.1. The lowest BCUT2D eigenvalue weighted by molar-refractivity contribution is 1.08. The Bertz CT molecular complexity index is 700. The first-order chi connectivity index (χ1) is 9.22. The molecule has 0 amide bonds. The van der Waals surface area contributed by atoms with Gasteiger partial charge >= 0.3 is 0 Å². The SMILES string of the molecule is Cc1csc(Cc2nc(-c3ccccc3N)cs2)n1. The van der Waals surface area contributed by atoms with Crippen LogP contribution in [0.4, 0.5) is 5.69 Å². The highest BCUT2D eigenvalue weighted by atomic mass is 32.1. The second-order valence-electron chi connectivity index (χ2n) is 4.27. The lowest BCUT2D eigenvalue weighted by Crippen LogP contribution is -1.90. The highest BCUT2D eigenvalue weighted by molar-refractivity contribution is 7.11. The fraction of sp³-hybridized carbons (Fsp3) is 0.143. The number of aromatic nitrogens is 2. The van der Waals surface area contributed by atoms with Crippen LogP contribution in [0.1, 0.15) is 15.7 Å². The van der Waals surface area contributed by atoms with Crippen LogP contribution < -0.4 is 5.73 Å². The Morgan fingerprint density at radius 1 is 1.05 bits per heavy atom. The summed E-state index contributed by atoms with van der Waals surface area (Å²) in [7, 11) is 0. The van der Waals surface area contributed by atoms with E-state index in [0.29, 0.717) is 0 Å². The van der Waals surface area contributed by atoms with Crippen molar-refractivity contribution in [3.05, 3.63) is 50.7 Å². The van der Waals surface area contributed by atoms with Crippen molar-refractivity contribution in [2.45, 2.75) is 13.3 Å². The van der Waals surface area contributed by atoms with Gasteiger partial charge in [-0.2, -0.15) is 0 Å². The van der Waals surface area contributed by atoms with E-state index in [1.54, 1.807) is 22.7 Å². The summed E-state index contributed by atoms with van der Waals surface area (Å²) in [4.78, 5) is 9.12. The first-order valence-corrected chi connectivity index (χ1v) is 7.68. The quantitative estimate of drug-likeness (QED) is 0.746. The molecule has 0 fully saturated rings. The minimum atomic E-state index is 0.768. The number of aryl methyl sites for hydroxylation is 1. The summed E-state index contributed by atoms with van der Waals surface area (Å²) in [6.07, 6.45) is 0.801. The molecule has 3 rings (SSSR count). The monoisotopic (exact) mass is 287 g/mol. The second kappa shape index (κ2) is 5.11. The van der Waals surface area contributed by atoms with Crippen LogP contribution in [0.25, 0.3) is 11.3 Å². The number of benzene rings is 1. The number of anilines is 1.